The molecule has 9 heteroatoms. The average Bonchev–Trinajstić information content (AvgIpc) is 3.04. The molecular weight excluding hydrogens is 428 g/mol. The number of hydrogen-bond donors (Lipinski definition) is 1. The zero-order chi connectivity index (χ0) is 24.1. The number of imidazole rings is 1. The molecule has 0 radical (unpaired) electrons. The van der Waals surface area contributed by atoms with Gasteiger partial charge in [-0.3, -0.25) is 14.5 Å². The summed E-state index contributed by atoms with van der Waals surface area (Å²) in [6, 6.07) is 3.09. The Bertz CT molecular complexity index is 1090. The molecule has 2 aromatic rings. The minimum atomic E-state index is -0.968. The summed E-state index contributed by atoms with van der Waals surface area (Å²) in [5.41, 5.74) is 0.808. The van der Waals surface area contributed by atoms with Gasteiger partial charge in [0.15, 0.2) is 17.3 Å². The van der Waals surface area contributed by atoms with Crippen molar-refractivity contribution in [2.24, 2.45) is 5.41 Å². The van der Waals surface area contributed by atoms with Crippen molar-refractivity contribution in [1.82, 2.24) is 24.7 Å². The Labute approximate surface area is 192 Å². The van der Waals surface area contributed by atoms with Gasteiger partial charge in [0, 0.05) is 37.8 Å². The summed E-state index contributed by atoms with van der Waals surface area (Å²) in [5, 5.41) is 2.93. The van der Waals surface area contributed by atoms with Gasteiger partial charge in [-0.2, -0.15) is 0 Å². The van der Waals surface area contributed by atoms with E-state index in [1.54, 1.807) is 4.90 Å². The molecule has 0 saturated carbocycles. The first kappa shape index (κ1) is 23.4. The molecule has 3 heterocycles. The van der Waals surface area contributed by atoms with Crippen molar-refractivity contribution in [2.45, 2.75) is 59.3 Å². The van der Waals surface area contributed by atoms with E-state index in [2.05, 4.69) is 22.1 Å². The molecule has 2 atom stereocenters. The number of carbonyl (C=O) groups is 2. The molecule has 2 unspecified atom stereocenters. The van der Waals surface area contributed by atoms with Crippen LogP contribution >= 0.6 is 0 Å². The van der Waals surface area contributed by atoms with Gasteiger partial charge in [-0.05, 0) is 44.0 Å². The summed E-state index contributed by atoms with van der Waals surface area (Å²) < 4.78 is 29.4. The summed E-state index contributed by atoms with van der Waals surface area (Å²) in [6.45, 7) is 10.2. The van der Waals surface area contributed by atoms with Crippen molar-refractivity contribution >= 4 is 11.8 Å². The molecular formula is C24H31F2N5O2. The van der Waals surface area contributed by atoms with E-state index in [0.717, 1.165) is 18.6 Å². The Morgan fingerprint density at radius 2 is 1.88 bits per heavy atom. The Balaban J connectivity index is 1.72. The number of amides is 2. The van der Waals surface area contributed by atoms with Gasteiger partial charge in [0.25, 0.3) is 5.91 Å². The van der Waals surface area contributed by atoms with Gasteiger partial charge in [-0.25, -0.2) is 13.8 Å². The zero-order valence-electron chi connectivity index (χ0n) is 19.8. The molecule has 1 fully saturated rings. The number of likely N-dealkylation sites (N-methyl/N-ethyl adjacent to an activating group) is 1. The van der Waals surface area contributed by atoms with Gasteiger partial charge in [-0.15, -0.1) is 0 Å². The Kier molecular flexibility index (Phi) is 6.03. The number of rotatable bonds is 4. The number of aromatic nitrogens is 2. The van der Waals surface area contributed by atoms with E-state index < -0.39 is 29.0 Å². The summed E-state index contributed by atoms with van der Waals surface area (Å²) in [6.07, 6.45) is 0.965. The maximum absolute atomic E-state index is 14.0. The summed E-state index contributed by atoms with van der Waals surface area (Å²) in [5.74, 6) is -2.03. The fourth-order valence-corrected chi connectivity index (χ4v) is 4.24. The number of likely N-dealkylation sites (tertiary alicyclic amines) is 1. The van der Waals surface area contributed by atoms with Crippen LogP contribution in [0.15, 0.2) is 18.2 Å². The monoisotopic (exact) mass is 459 g/mol. The first-order valence-electron chi connectivity index (χ1n) is 11.3. The molecule has 2 aliphatic rings. The van der Waals surface area contributed by atoms with Crippen molar-refractivity contribution in [1.29, 1.82) is 0 Å². The second-order valence-corrected chi connectivity index (χ2v) is 10.2. The van der Waals surface area contributed by atoms with Crippen LogP contribution in [0.1, 0.15) is 50.3 Å². The van der Waals surface area contributed by atoms with Crippen molar-refractivity contribution < 1.29 is 18.4 Å². The first-order valence-corrected chi connectivity index (χ1v) is 11.3. The Hall–Kier alpha value is -2.81. The minimum absolute atomic E-state index is 0.0956. The molecule has 7 nitrogen and oxygen atoms in total. The predicted octanol–water partition coefficient (Wildman–Crippen LogP) is 3.04. The van der Waals surface area contributed by atoms with Crippen LogP contribution in [0, 0.1) is 17.0 Å². The molecule has 0 spiro atoms. The molecule has 1 saturated heterocycles. The molecule has 4 rings (SSSR count). The van der Waals surface area contributed by atoms with Crippen molar-refractivity contribution in [3.05, 3.63) is 41.2 Å². The highest BCUT2D eigenvalue weighted by Crippen LogP contribution is 2.30. The number of benzene rings is 1. The number of carbonyl (C=O) groups excluding carboxylic acids is 2. The van der Waals surface area contributed by atoms with E-state index in [1.807, 2.05) is 32.4 Å². The van der Waals surface area contributed by atoms with Crippen molar-refractivity contribution in [2.75, 3.05) is 20.1 Å². The van der Waals surface area contributed by atoms with Crippen molar-refractivity contribution in [3.63, 3.8) is 0 Å². The highest BCUT2D eigenvalue weighted by atomic mass is 19.2. The highest BCUT2D eigenvalue weighted by Gasteiger charge is 2.39. The lowest BCUT2D eigenvalue weighted by Gasteiger charge is -2.39. The third-order valence-corrected chi connectivity index (χ3v) is 6.62. The first-order chi connectivity index (χ1) is 15.5. The lowest BCUT2D eigenvalue weighted by atomic mass is 9.85. The lowest BCUT2D eigenvalue weighted by molar-refractivity contribution is -0.139. The fraction of sp³-hybridized carbons (Fsp3) is 0.542. The number of nitrogens with one attached hydrogen (secondary N) is 1. The molecule has 0 aliphatic carbocycles. The molecule has 1 N–H and O–H groups in total. The lowest BCUT2D eigenvalue weighted by Crippen LogP contribution is -2.57. The van der Waals surface area contributed by atoms with Gasteiger partial charge in [0.1, 0.15) is 11.9 Å². The van der Waals surface area contributed by atoms with E-state index in [0.29, 0.717) is 43.3 Å². The number of nitrogens with zero attached hydrogens (tertiary/aromatic N) is 4. The Morgan fingerprint density at radius 1 is 1.18 bits per heavy atom. The van der Waals surface area contributed by atoms with Crippen LogP contribution in [0.3, 0.4) is 0 Å². The van der Waals surface area contributed by atoms with E-state index in [-0.39, 0.29) is 17.6 Å². The molecule has 1 aromatic heterocycles. The number of hydrogen-bond acceptors (Lipinski definition) is 4. The molecule has 33 heavy (non-hydrogen) atoms. The second-order valence-electron chi connectivity index (χ2n) is 10.2. The smallest absolute Gasteiger partial charge is 0.272 e. The second kappa shape index (κ2) is 8.52. The van der Waals surface area contributed by atoms with Gasteiger partial charge >= 0.3 is 0 Å². The van der Waals surface area contributed by atoms with Crippen LogP contribution in [0.4, 0.5) is 8.78 Å². The van der Waals surface area contributed by atoms with Crippen molar-refractivity contribution in [3.8, 4) is 11.4 Å². The van der Waals surface area contributed by atoms with E-state index in [1.165, 1.54) is 6.07 Å². The van der Waals surface area contributed by atoms with Crippen LogP contribution in [0.5, 0.6) is 0 Å². The quantitative estimate of drug-likeness (QED) is 0.763. The van der Waals surface area contributed by atoms with Gasteiger partial charge in [0.2, 0.25) is 5.91 Å². The third kappa shape index (κ3) is 4.38. The maximum atomic E-state index is 14.0. The SMILES string of the molecule is CC1Cn2c(-c3ccc(F)c(F)c3)nc(C(=O)NC(C(=O)N3CCC3)C(C)(C)C)c2CN1C. The van der Waals surface area contributed by atoms with E-state index >= 15 is 0 Å². The molecule has 2 amide bonds. The number of fused-ring (bicyclic) bond motifs is 1. The highest BCUT2D eigenvalue weighted by molar-refractivity contribution is 5.98. The van der Waals surface area contributed by atoms with Crippen LogP contribution < -0.4 is 5.32 Å². The zero-order valence-corrected chi connectivity index (χ0v) is 19.8. The third-order valence-electron chi connectivity index (χ3n) is 6.62. The normalized spacial score (nSPS) is 19.6. The average molecular weight is 460 g/mol. The number of halogens is 2. The fourth-order valence-electron chi connectivity index (χ4n) is 4.24. The Morgan fingerprint density at radius 3 is 2.45 bits per heavy atom. The van der Waals surface area contributed by atoms with Crippen LogP contribution in [-0.2, 0) is 17.9 Å². The summed E-state index contributed by atoms with van der Waals surface area (Å²) in [7, 11) is 1.96. The predicted molar refractivity (Wildman–Crippen MR) is 120 cm³/mol. The van der Waals surface area contributed by atoms with E-state index in [4.69, 9.17) is 0 Å². The topological polar surface area (TPSA) is 70.5 Å². The van der Waals surface area contributed by atoms with Gasteiger partial charge in [-0.1, -0.05) is 20.8 Å². The molecule has 0 bridgehead atoms. The van der Waals surface area contributed by atoms with E-state index in [9.17, 15) is 18.4 Å². The minimum Gasteiger partial charge on any atom is -0.341 e. The van der Waals surface area contributed by atoms with Crippen LogP contribution in [-0.4, -0.2) is 63.4 Å². The van der Waals surface area contributed by atoms with Crippen LogP contribution in [0.2, 0.25) is 0 Å². The van der Waals surface area contributed by atoms with Crippen LogP contribution in [0.25, 0.3) is 11.4 Å². The standard InChI is InChI=1S/C24H31F2N5O2/c1-14-12-31-18(13-29(14)5)19(27-21(31)15-7-8-16(25)17(26)11-15)22(32)28-20(24(2,3)4)23(33)30-9-6-10-30/h7-8,11,14,20H,6,9-10,12-13H2,1-5H3,(H,28,32). The molecule has 178 valence electrons. The largest absolute Gasteiger partial charge is 0.341 e. The molecule has 2 aliphatic heterocycles. The summed E-state index contributed by atoms with van der Waals surface area (Å²) in [4.78, 5) is 34.9. The van der Waals surface area contributed by atoms with Gasteiger partial charge in [0.05, 0.1) is 5.69 Å². The summed E-state index contributed by atoms with van der Waals surface area (Å²) >= 11 is 0. The maximum Gasteiger partial charge on any atom is 0.272 e. The molecule has 1 aromatic carbocycles. The van der Waals surface area contributed by atoms with Gasteiger partial charge < -0.3 is 14.8 Å².